The summed E-state index contributed by atoms with van der Waals surface area (Å²) in [6.45, 7) is 4.57. The number of aliphatic hydroxyl groups is 3. The first-order valence-electron chi connectivity index (χ1n) is 13.9. The molecule has 0 radical (unpaired) electrons. The summed E-state index contributed by atoms with van der Waals surface area (Å²) in [7, 11) is 1.59. The van der Waals surface area contributed by atoms with Gasteiger partial charge in [0.05, 0.1) is 37.9 Å². The highest BCUT2D eigenvalue weighted by molar-refractivity contribution is 5.75. The lowest BCUT2D eigenvalue weighted by Gasteiger charge is -2.48. The highest BCUT2D eigenvalue weighted by Crippen LogP contribution is 2.36. The number of nitrogens with one attached hydrogen (secondary N) is 2. The van der Waals surface area contributed by atoms with E-state index in [1.54, 1.807) is 7.05 Å². The van der Waals surface area contributed by atoms with E-state index in [1.165, 1.54) is 6.92 Å². The number of nitrogens with zero attached hydrogens (tertiary/aromatic N) is 1. The Morgan fingerprint density at radius 2 is 1.90 bits per heavy atom. The van der Waals surface area contributed by atoms with Crippen molar-refractivity contribution < 1.29 is 44.3 Å². The third-order valence-corrected chi connectivity index (χ3v) is 7.71. The van der Waals surface area contributed by atoms with Crippen LogP contribution in [0.2, 0.25) is 0 Å². The van der Waals surface area contributed by atoms with E-state index in [1.807, 2.05) is 13.0 Å². The molecule has 1 aliphatic carbocycles. The van der Waals surface area contributed by atoms with E-state index in [0.29, 0.717) is 23.8 Å². The second-order valence-corrected chi connectivity index (χ2v) is 11.0. The highest BCUT2D eigenvalue weighted by Gasteiger charge is 2.51. The highest BCUT2D eigenvalue weighted by atomic mass is 16.7. The molecule has 2 heterocycles. The summed E-state index contributed by atoms with van der Waals surface area (Å²) in [5.41, 5.74) is 16.8. The molecule has 12 N–H and O–H groups in total. The molecule has 1 unspecified atom stereocenters. The summed E-state index contributed by atoms with van der Waals surface area (Å²) in [6.07, 6.45) is -4.59. The Kier molecular flexibility index (Phi) is 12.1. The summed E-state index contributed by atoms with van der Waals surface area (Å²) >= 11 is 0. The number of ether oxygens (including phenoxy) is 4. The Hall–Kier alpha value is -1.47. The normalized spacial score (nSPS) is 40.3. The lowest BCUT2D eigenvalue weighted by Crippen LogP contribution is -2.67. The molecule has 0 aromatic carbocycles. The van der Waals surface area contributed by atoms with Gasteiger partial charge in [-0.3, -0.25) is 10.0 Å². The minimum atomic E-state index is -1.38. The molecule has 2 fully saturated rings. The molecule has 11 atom stereocenters. The van der Waals surface area contributed by atoms with Crippen molar-refractivity contribution in [1.29, 1.82) is 0 Å². The van der Waals surface area contributed by atoms with Crippen LogP contribution in [0, 0.1) is 5.92 Å². The molecule has 1 amide bonds. The van der Waals surface area contributed by atoms with Crippen LogP contribution in [0.15, 0.2) is 11.8 Å². The summed E-state index contributed by atoms with van der Waals surface area (Å²) in [5.74, 6) is -0.642. The second-order valence-electron chi connectivity index (χ2n) is 11.0. The summed E-state index contributed by atoms with van der Waals surface area (Å²) < 4.78 is 23.9. The number of amides is 1. The number of nitrogens with two attached hydrogens (primary N) is 3. The van der Waals surface area contributed by atoms with Gasteiger partial charge in [0.1, 0.15) is 29.7 Å². The average Bonchev–Trinajstić information content (AvgIpc) is 2.90. The van der Waals surface area contributed by atoms with Crippen molar-refractivity contribution in [2.75, 3.05) is 39.8 Å². The molecule has 3 aliphatic rings. The maximum absolute atomic E-state index is 12.7. The monoisotopic (exact) mass is 576 g/mol. The fourth-order valence-electron chi connectivity index (χ4n) is 5.52. The fourth-order valence-corrected chi connectivity index (χ4v) is 5.52. The van der Waals surface area contributed by atoms with Gasteiger partial charge in [-0.15, -0.1) is 0 Å². The Bertz CT molecular complexity index is 852. The van der Waals surface area contributed by atoms with Crippen LogP contribution in [0.4, 0.5) is 0 Å². The van der Waals surface area contributed by atoms with Gasteiger partial charge in [-0.2, -0.15) is 0 Å². The van der Waals surface area contributed by atoms with E-state index in [2.05, 4.69) is 10.6 Å². The van der Waals surface area contributed by atoms with Crippen molar-refractivity contribution in [2.45, 2.75) is 93.8 Å². The number of carbonyl (C=O) groups is 1. The van der Waals surface area contributed by atoms with Gasteiger partial charge in [0.15, 0.2) is 6.29 Å². The predicted octanol–water partition coefficient (Wildman–Crippen LogP) is -3.35. The first-order valence-corrected chi connectivity index (χ1v) is 13.9. The number of hydrogen-bond donors (Lipinski definition) is 9. The van der Waals surface area contributed by atoms with Gasteiger partial charge in [-0.1, -0.05) is 6.92 Å². The van der Waals surface area contributed by atoms with Crippen LogP contribution in [0.25, 0.3) is 0 Å². The largest absolute Gasteiger partial charge is 0.467 e. The molecule has 2 aliphatic heterocycles. The van der Waals surface area contributed by atoms with Gasteiger partial charge in [0.25, 0.3) is 0 Å². The molecule has 3 rings (SSSR count). The minimum absolute atomic E-state index is 0.0597. The van der Waals surface area contributed by atoms with Crippen LogP contribution >= 0.6 is 0 Å². The first kappa shape index (κ1) is 33.0. The lowest BCUT2D eigenvalue weighted by atomic mass is 9.77. The molecule has 0 spiro atoms. The third-order valence-electron chi connectivity index (χ3n) is 7.71. The minimum Gasteiger partial charge on any atom is -0.467 e. The van der Waals surface area contributed by atoms with Crippen molar-refractivity contribution in [3.05, 3.63) is 11.8 Å². The molecule has 1 saturated heterocycles. The van der Waals surface area contributed by atoms with E-state index in [0.717, 1.165) is 6.54 Å². The molecule has 0 aromatic heterocycles. The molecular formula is C25H48N6O9. The molecule has 15 heteroatoms. The zero-order chi connectivity index (χ0) is 29.6. The number of hydroxylamine groups is 2. The van der Waals surface area contributed by atoms with Gasteiger partial charge < -0.3 is 62.1 Å². The first-order chi connectivity index (χ1) is 18.9. The molecule has 1 saturated carbocycles. The van der Waals surface area contributed by atoms with E-state index in [9.17, 15) is 25.3 Å². The number of aliphatic hydroxyl groups excluding tert-OH is 2. The van der Waals surface area contributed by atoms with Gasteiger partial charge in [-0.25, -0.2) is 5.06 Å². The van der Waals surface area contributed by atoms with Gasteiger partial charge in [-0.05, 0) is 45.4 Å². The maximum Gasteiger partial charge on any atom is 0.246 e. The predicted molar refractivity (Wildman–Crippen MR) is 142 cm³/mol. The van der Waals surface area contributed by atoms with Crippen LogP contribution in [-0.2, 0) is 23.7 Å². The van der Waals surface area contributed by atoms with E-state index in [-0.39, 0.29) is 32.5 Å². The van der Waals surface area contributed by atoms with Crippen molar-refractivity contribution in [1.82, 2.24) is 15.7 Å². The number of hydrogen-bond acceptors (Lipinski definition) is 14. The number of carbonyl (C=O) groups excluding carboxylic acids is 1. The standard InChI is InChI=1S/C25H48N6O9/c1-4-30-11-14-5-6-15(27)23(38-14)40-21-16(28)9-13(10-17(32)31(36)8-7-26)20(18(21)33)39-24-19(34)22(29-3)25(2,35)12-37-24/h5,13,15-16,18-24,29-30,33-36H,4,6-12,26-28H2,1-3H3/t13-,15+,16-,18+,19+,20-,21?,22+,23+,24+,25-/m0/s1. The molecule has 40 heavy (non-hydrogen) atoms. The fraction of sp³-hybridized carbons (Fsp3) is 0.880. The quantitative estimate of drug-likeness (QED) is 0.0815. The van der Waals surface area contributed by atoms with Crippen molar-refractivity contribution in [3.8, 4) is 0 Å². The third kappa shape index (κ3) is 7.87. The van der Waals surface area contributed by atoms with Crippen molar-refractivity contribution in [3.63, 3.8) is 0 Å². The Balaban J connectivity index is 1.80. The second kappa shape index (κ2) is 14.6. The molecular weight excluding hydrogens is 528 g/mol. The zero-order valence-electron chi connectivity index (χ0n) is 23.5. The van der Waals surface area contributed by atoms with Crippen LogP contribution < -0.4 is 27.8 Å². The Labute approximate surface area is 234 Å². The maximum atomic E-state index is 12.7. The number of likely N-dealkylation sites (N-methyl/N-ethyl adjacent to an activating group) is 2. The van der Waals surface area contributed by atoms with Crippen LogP contribution in [0.5, 0.6) is 0 Å². The number of rotatable bonds is 12. The van der Waals surface area contributed by atoms with E-state index >= 15 is 0 Å². The van der Waals surface area contributed by atoms with Gasteiger partial charge in [0.2, 0.25) is 12.2 Å². The van der Waals surface area contributed by atoms with Crippen molar-refractivity contribution in [2.24, 2.45) is 23.1 Å². The van der Waals surface area contributed by atoms with Crippen LogP contribution in [0.3, 0.4) is 0 Å². The Morgan fingerprint density at radius 3 is 2.55 bits per heavy atom. The topological polar surface area (TPSA) is 240 Å². The van der Waals surface area contributed by atoms with Crippen LogP contribution in [-0.4, -0.2) is 132 Å². The van der Waals surface area contributed by atoms with Crippen molar-refractivity contribution >= 4 is 5.91 Å². The summed E-state index contributed by atoms with van der Waals surface area (Å²) in [4.78, 5) is 12.7. The van der Waals surface area contributed by atoms with Gasteiger partial charge in [0, 0.05) is 19.0 Å². The van der Waals surface area contributed by atoms with Gasteiger partial charge >= 0.3 is 0 Å². The summed E-state index contributed by atoms with van der Waals surface area (Å²) in [5, 5.41) is 49.7. The van der Waals surface area contributed by atoms with Crippen LogP contribution in [0.1, 0.15) is 33.1 Å². The molecule has 232 valence electrons. The average molecular weight is 577 g/mol. The molecule has 15 nitrogen and oxygen atoms in total. The molecule has 0 bridgehead atoms. The van der Waals surface area contributed by atoms with E-state index in [4.69, 9.17) is 36.1 Å². The zero-order valence-corrected chi connectivity index (χ0v) is 23.5. The van der Waals surface area contributed by atoms with E-state index < -0.39 is 72.5 Å². The smallest absolute Gasteiger partial charge is 0.246 e. The SMILES string of the molecule is CCNCC1=CC[C@@H](N)[C@@H](OC2[C@@H](N)C[C@@H](CC(=O)N(O)CCN)[C@H](O[C@H]3OC[C@](C)(O)[C@H](NC)[C@H]3O)[C@H]2O)O1. The summed E-state index contributed by atoms with van der Waals surface area (Å²) in [6, 6.07) is -2.05. The lowest BCUT2D eigenvalue weighted by molar-refractivity contribution is -0.308. The molecule has 0 aromatic rings. The Morgan fingerprint density at radius 1 is 1.20 bits per heavy atom.